The van der Waals surface area contributed by atoms with E-state index in [0.29, 0.717) is 19.1 Å². The monoisotopic (exact) mass is 191 g/mol. The largest absolute Gasteiger partial charge is 0.375 e. The zero-order valence-electron chi connectivity index (χ0n) is 8.79. The van der Waals surface area contributed by atoms with Gasteiger partial charge in [0.2, 0.25) is 0 Å². The maximum atomic E-state index is 6.06. The van der Waals surface area contributed by atoms with Gasteiger partial charge in [0.15, 0.2) is 0 Å². The molecule has 2 nitrogen and oxygen atoms in total. The van der Waals surface area contributed by atoms with E-state index < -0.39 is 0 Å². The molecule has 0 spiro atoms. The summed E-state index contributed by atoms with van der Waals surface area (Å²) in [6.45, 7) is 5.77. The van der Waals surface area contributed by atoms with E-state index in [-0.39, 0.29) is 6.04 Å². The van der Waals surface area contributed by atoms with Crippen molar-refractivity contribution in [2.24, 2.45) is 5.73 Å². The predicted octanol–water partition coefficient (Wildman–Crippen LogP) is 2.34. The van der Waals surface area contributed by atoms with E-state index in [4.69, 9.17) is 10.5 Å². The first-order chi connectivity index (χ1) is 6.70. The summed E-state index contributed by atoms with van der Waals surface area (Å²) in [5.41, 5.74) is 10.0. The molecule has 0 radical (unpaired) electrons. The Labute approximate surface area is 85.1 Å². The Morgan fingerprint density at radius 3 is 2.93 bits per heavy atom. The fourth-order valence-electron chi connectivity index (χ4n) is 2.09. The van der Waals surface area contributed by atoms with Crippen molar-refractivity contribution in [1.29, 1.82) is 0 Å². The summed E-state index contributed by atoms with van der Waals surface area (Å²) in [5.74, 6) is 0.536. The first kappa shape index (κ1) is 9.69. The Balaban J connectivity index is 2.52. The number of nitrogens with two attached hydrogens (primary N) is 1. The van der Waals surface area contributed by atoms with Crippen LogP contribution in [0.2, 0.25) is 0 Å². The molecule has 0 amide bonds. The Hall–Kier alpha value is -0.860. The number of hydrogen-bond acceptors (Lipinski definition) is 2. The minimum absolute atomic E-state index is 0.0531. The van der Waals surface area contributed by atoms with Gasteiger partial charge in [-0.1, -0.05) is 32.0 Å². The van der Waals surface area contributed by atoms with Crippen LogP contribution in [0.4, 0.5) is 0 Å². The minimum Gasteiger partial charge on any atom is -0.375 e. The third-order valence-corrected chi connectivity index (χ3v) is 2.78. The molecule has 2 heteroatoms. The highest BCUT2D eigenvalue weighted by atomic mass is 16.5. The lowest BCUT2D eigenvalue weighted by Gasteiger charge is -2.26. The molecule has 76 valence electrons. The fourth-order valence-corrected chi connectivity index (χ4v) is 2.09. The van der Waals surface area contributed by atoms with Gasteiger partial charge in [-0.05, 0) is 22.6 Å². The molecule has 0 saturated heterocycles. The van der Waals surface area contributed by atoms with Crippen LogP contribution >= 0.6 is 0 Å². The molecule has 0 unspecified atom stereocenters. The second kappa shape index (κ2) is 3.71. The molecule has 2 rings (SSSR count). The van der Waals surface area contributed by atoms with Gasteiger partial charge in [0, 0.05) is 0 Å². The van der Waals surface area contributed by atoms with E-state index in [1.54, 1.807) is 0 Å². The van der Waals surface area contributed by atoms with E-state index in [2.05, 4.69) is 32.0 Å². The van der Waals surface area contributed by atoms with Crippen LogP contribution in [0.3, 0.4) is 0 Å². The highest BCUT2D eigenvalue weighted by Crippen LogP contribution is 2.30. The normalized spacial score (nSPS) is 21.0. The highest BCUT2D eigenvalue weighted by molar-refractivity contribution is 5.40. The van der Waals surface area contributed by atoms with Gasteiger partial charge in [0.05, 0.1) is 19.3 Å². The van der Waals surface area contributed by atoms with Gasteiger partial charge in [0.1, 0.15) is 0 Å². The van der Waals surface area contributed by atoms with E-state index in [0.717, 1.165) is 0 Å². The zero-order valence-corrected chi connectivity index (χ0v) is 8.79. The molecule has 2 N–H and O–H groups in total. The number of ether oxygens (including phenoxy) is 1. The smallest absolute Gasteiger partial charge is 0.0721 e. The maximum absolute atomic E-state index is 6.06. The Kier molecular flexibility index (Phi) is 2.57. The van der Waals surface area contributed by atoms with Crippen molar-refractivity contribution in [3.63, 3.8) is 0 Å². The average Bonchev–Trinajstić information content (AvgIpc) is 2.17. The van der Waals surface area contributed by atoms with E-state index in [9.17, 15) is 0 Å². The number of benzene rings is 1. The number of rotatable bonds is 1. The molecule has 0 bridgehead atoms. The van der Waals surface area contributed by atoms with Crippen molar-refractivity contribution in [2.75, 3.05) is 6.61 Å². The Morgan fingerprint density at radius 1 is 1.43 bits per heavy atom. The summed E-state index contributed by atoms with van der Waals surface area (Å²) >= 11 is 0. The molecule has 0 saturated carbocycles. The van der Waals surface area contributed by atoms with Gasteiger partial charge in [-0.2, -0.15) is 0 Å². The van der Waals surface area contributed by atoms with Crippen LogP contribution < -0.4 is 5.73 Å². The zero-order chi connectivity index (χ0) is 10.1. The van der Waals surface area contributed by atoms with Gasteiger partial charge in [-0.3, -0.25) is 0 Å². The van der Waals surface area contributed by atoms with Crippen molar-refractivity contribution in [1.82, 2.24) is 0 Å². The highest BCUT2D eigenvalue weighted by Gasteiger charge is 2.21. The minimum atomic E-state index is 0.0531. The molecule has 0 fully saturated rings. The van der Waals surface area contributed by atoms with Crippen LogP contribution in [0.25, 0.3) is 0 Å². The first-order valence-corrected chi connectivity index (χ1v) is 5.15. The molecule has 1 aromatic rings. The van der Waals surface area contributed by atoms with Crippen LogP contribution in [0.15, 0.2) is 18.2 Å². The third-order valence-electron chi connectivity index (χ3n) is 2.78. The lowest BCUT2D eigenvalue weighted by Crippen LogP contribution is -2.25. The Bertz CT molecular complexity index is 333. The summed E-state index contributed by atoms with van der Waals surface area (Å²) in [4.78, 5) is 0. The molecular weight excluding hydrogens is 174 g/mol. The van der Waals surface area contributed by atoms with Crippen LogP contribution in [0, 0.1) is 0 Å². The molecule has 1 aliphatic heterocycles. The summed E-state index contributed by atoms with van der Waals surface area (Å²) in [6.07, 6.45) is 0. The molecular formula is C12H17NO. The van der Waals surface area contributed by atoms with Crippen LogP contribution in [-0.4, -0.2) is 6.61 Å². The van der Waals surface area contributed by atoms with Gasteiger partial charge in [-0.25, -0.2) is 0 Å². The van der Waals surface area contributed by atoms with E-state index in [1.165, 1.54) is 16.7 Å². The number of hydrogen-bond donors (Lipinski definition) is 1. The molecule has 0 aromatic heterocycles. The van der Waals surface area contributed by atoms with Crippen molar-refractivity contribution in [2.45, 2.75) is 32.4 Å². The standard InChI is InChI=1S/C12H17NO/c1-8(2)10-5-3-4-9-6-14-7-11(13)12(9)10/h3-5,8,11H,6-7,13H2,1-2H3/t11-/m1/s1. The number of fused-ring (bicyclic) bond motifs is 1. The topological polar surface area (TPSA) is 35.2 Å². The molecule has 1 aliphatic rings. The third kappa shape index (κ3) is 1.56. The SMILES string of the molecule is CC(C)c1cccc2c1[C@H](N)COC2. The lowest BCUT2D eigenvalue weighted by molar-refractivity contribution is 0.0919. The summed E-state index contributed by atoms with van der Waals surface area (Å²) in [7, 11) is 0. The second-order valence-electron chi connectivity index (χ2n) is 4.20. The molecule has 1 aromatic carbocycles. The average molecular weight is 191 g/mol. The van der Waals surface area contributed by atoms with Gasteiger partial charge in [-0.15, -0.1) is 0 Å². The van der Waals surface area contributed by atoms with Crippen molar-refractivity contribution < 1.29 is 4.74 Å². The van der Waals surface area contributed by atoms with Crippen LogP contribution in [0.5, 0.6) is 0 Å². The summed E-state index contributed by atoms with van der Waals surface area (Å²) < 4.78 is 5.42. The molecule has 0 aliphatic carbocycles. The van der Waals surface area contributed by atoms with E-state index >= 15 is 0 Å². The predicted molar refractivity (Wildman–Crippen MR) is 57.1 cm³/mol. The van der Waals surface area contributed by atoms with Crippen molar-refractivity contribution in [3.8, 4) is 0 Å². The van der Waals surface area contributed by atoms with Crippen LogP contribution in [-0.2, 0) is 11.3 Å². The van der Waals surface area contributed by atoms with Gasteiger partial charge < -0.3 is 10.5 Å². The van der Waals surface area contributed by atoms with Crippen LogP contribution in [0.1, 0.15) is 42.5 Å². The van der Waals surface area contributed by atoms with Crippen molar-refractivity contribution in [3.05, 3.63) is 34.9 Å². The second-order valence-corrected chi connectivity index (χ2v) is 4.20. The quantitative estimate of drug-likeness (QED) is 0.739. The molecule has 14 heavy (non-hydrogen) atoms. The van der Waals surface area contributed by atoms with E-state index in [1.807, 2.05) is 0 Å². The fraction of sp³-hybridized carbons (Fsp3) is 0.500. The lowest BCUT2D eigenvalue weighted by atomic mass is 9.88. The summed E-state index contributed by atoms with van der Waals surface area (Å²) in [6, 6.07) is 6.43. The van der Waals surface area contributed by atoms with Gasteiger partial charge >= 0.3 is 0 Å². The van der Waals surface area contributed by atoms with Gasteiger partial charge in [0.25, 0.3) is 0 Å². The Morgan fingerprint density at radius 2 is 2.21 bits per heavy atom. The molecule has 1 heterocycles. The summed E-state index contributed by atoms with van der Waals surface area (Å²) in [5, 5.41) is 0. The maximum Gasteiger partial charge on any atom is 0.0721 e. The first-order valence-electron chi connectivity index (χ1n) is 5.15. The van der Waals surface area contributed by atoms with Crippen molar-refractivity contribution >= 4 is 0 Å². The molecule has 1 atom stereocenters.